The Bertz CT molecular complexity index is 688. The summed E-state index contributed by atoms with van der Waals surface area (Å²) < 4.78 is 12.0. The minimum atomic E-state index is 0.473. The standard InChI is InChI=1S/C17H20BrN3O2S/c1-2-22-11-5-10-19-17(24)21-20-12-13-8-9-16(23-13)14-6-3-4-7-15(14)18/h3-4,6-9,12H,2,5,10-11H2,1H3,(H2,19,21,24)/b20-12-. The molecule has 0 spiro atoms. The fraction of sp³-hybridized carbons (Fsp3) is 0.294. The number of nitrogens with one attached hydrogen (secondary N) is 2. The second-order valence-electron chi connectivity index (χ2n) is 4.86. The largest absolute Gasteiger partial charge is 0.455 e. The fourth-order valence-electron chi connectivity index (χ4n) is 1.94. The highest BCUT2D eigenvalue weighted by Crippen LogP contribution is 2.28. The van der Waals surface area contributed by atoms with Crippen molar-refractivity contribution in [2.75, 3.05) is 19.8 Å². The molecular formula is C17H20BrN3O2S. The van der Waals surface area contributed by atoms with Crippen molar-refractivity contribution in [1.29, 1.82) is 0 Å². The van der Waals surface area contributed by atoms with Crippen LogP contribution in [0.15, 0.2) is 50.4 Å². The molecular weight excluding hydrogens is 390 g/mol. The number of halogens is 1. The maximum atomic E-state index is 5.76. The first-order valence-corrected chi connectivity index (χ1v) is 8.90. The van der Waals surface area contributed by atoms with Gasteiger partial charge in [-0.2, -0.15) is 5.10 Å². The monoisotopic (exact) mass is 409 g/mol. The number of ether oxygens (including phenoxy) is 1. The quantitative estimate of drug-likeness (QED) is 0.299. The Labute approximate surface area is 155 Å². The molecule has 1 aromatic carbocycles. The Morgan fingerprint density at radius 1 is 1.33 bits per heavy atom. The predicted octanol–water partition coefficient (Wildman–Crippen LogP) is 3.93. The molecule has 2 N–H and O–H groups in total. The van der Waals surface area contributed by atoms with Crippen LogP contribution in [0.5, 0.6) is 0 Å². The molecule has 0 aliphatic carbocycles. The fourth-order valence-corrected chi connectivity index (χ4v) is 2.58. The number of hydrogen-bond donors (Lipinski definition) is 2. The molecule has 24 heavy (non-hydrogen) atoms. The highest BCUT2D eigenvalue weighted by Gasteiger charge is 2.06. The summed E-state index contributed by atoms with van der Waals surface area (Å²) in [5.74, 6) is 1.42. The third kappa shape index (κ3) is 6.07. The summed E-state index contributed by atoms with van der Waals surface area (Å²) in [6, 6.07) is 11.7. The summed E-state index contributed by atoms with van der Waals surface area (Å²) >= 11 is 8.65. The van der Waals surface area contributed by atoms with Crippen LogP contribution in [0.4, 0.5) is 0 Å². The molecule has 1 heterocycles. The zero-order valence-electron chi connectivity index (χ0n) is 13.4. The summed E-state index contributed by atoms with van der Waals surface area (Å²) in [4.78, 5) is 0. The molecule has 0 saturated heterocycles. The van der Waals surface area contributed by atoms with E-state index in [0.717, 1.165) is 42.0 Å². The SMILES string of the molecule is CCOCCCNC(=S)N/N=C\c1ccc(-c2ccccc2Br)o1. The van der Waals surface area contributed by atoms with Crippen LogP contribution in [0.2, 0.25) is 0 Å². The molecule has 2 rings (SSSR count). The summed E-state index contributed by atoms with van der Waals surface area (Å²) in [7, 11) is 0. The summed E-state index contributed by atoms with van der Waals surface area (Å²) in [6.07, 6.45) is 2.49. The predicted molar refractivity (Wildman–Crippen MR) is 104 cm³/mol. The average molecular weight is 410 g/mol. The van der Waals surface area contributed by atoms with Gasteiger partial charge in [0.15, 0.2) is 5.11 Å². The van der Waals surface area contributed by atoms with E-state index in [1.807, 2.05) is 43.3 Å². The molecule has 0 atom stereocenters. The van der Waals surface area contributed by atoms with Crippen LogP contribution in [-0.2, 0) is 4.74 Å². The molecule has 0 radical (unpaired) electrons. The molecule has 0 saturated carbocycles. The van der Waals surface area contributed by atoms with E-state index in [2.05, 4.69) is 31.8 Å². The van der Waals surface area contributed by atoms with Gasteiger partial charge in [-0.1, -0.05) is 34.1 Å². The van der Waals surface area contributed by atoms with E-state index in [-0.39, 0.29) is 0 Å². The first kappa shape index (κ1) is 18.6. The van der Waals surface area contributed by atoms with Gasteiger partial charge in [-0.25, -0.2) is 0 Å². The molecule has 128 valence electrons. The molecule has 0 amide bonds. The van der Waals surface area contributed by atoms with Crippen LogP contribution >= 0.6 is 28.1 Å². The van der Waals surface area contributed by atoms with Crippen molar-refractivity contribution in [2.24, 2.45) is 5.10 Å². The number of nitrogens with zero attached hydrogens (tertiary/aromatic N) is 1. The minimum Gasteiger partial charge on any atom is -0.455 e. The van der Waals surface area contributed by atoms with Crippen LogP contribution in [-0.4, -0.2) is 31.1 Å². The van der Waals surface area contributed by atoms with Crippen molar-refractivity contribution in [3.8, 4) is 11.3 Å². The van der Waals surface area contributed by atoms with Gasteiger partial charge in [0.25, 0.3) is 0 Å². The van der Waals surface area contributed by atoms with Crippen molar-refractivity contribution in [2.45, 2.75) is 13.3 Å². The Morgan fingerprint density at radius 2 is 2.17 bits per heavy atom. The molecule has 0 aliphatic heterocycles. The molecule has 2 aromatic rings. The van der Waals surface area contributed by atoms with Crippen LogP contribution in [0.25, 0.3) is 11.3 Å². The second kappa shape index (κ2) is 10.2. The van der Waals surface area contributed by atoms with Gasteiger partial charge in [-0.05, 0) is 43.8 Å². The lowest BCUT2D eigenvalue weighted by atomic mass is 10.2. The second-order valence-corrected chi connectivity index (χ2v) is 6.12. The van der Waals surface area contributed by atoms with E-state index < -0.39 is 0 Å². The first-order chi connectivity index (χ1) is 11.7. The van der Waals surface area contributed by atoms with Gasteiger partial charge in [0.05, 0.1) is 6.21 Å². The van der Waals surface area contributed by atoms with Crippen molar-refractivity contribution in [3.63, 3.8) is 0 Å². The highest BCUT2D eigenvalue weighted by atomic mass is 79.9. The van der Waals surface area contributed by atoms with Gasteiger partial charge in [-0.3, -0.25) is 5.43 Å². The Hall–Kier alpha value is -1.70. The van der Waals surface area contributed by atoms with E-state index in [1.165, 1.54) is 0 Å². The number of hydrogen-bond acceptors (Lipinski definition) is 4. The molecule has 5 nitrogen and oxygen atoms in total. The van der Waals surface area contributed by atoms with Gasteiger partial charge in [0, 0.05) is 29.8 Å². The third-order valence-corrected chi connectivity index (χ3v) is 4.01. The van der Waals surface area contributed by atoms with Crippen molar-refractivity contribution < 1.29 is 9.15 Å². The van der Waals surface area contributed by atoms with Gasteiger partial charge < -0.3 is 14.5 Å². The highest BCUT2D eigenvalue weighted by molar-refractivity contribution is 9.10. The van der Waals surface area contributed by atoms with Crippen LogP contribution < -0.4 is 10.7 Å². The van der Waals surface area contributed by atoms with Crippen LogP contribution in [0.3, 0.4) is 0 Å². The van der Waals surface area contributed by atoms with E-state index in [4.69, 9.17) is 21.4 Å². The lowest BCUT2D eigenvalue weighted by Crippen LogP contribution is -2.33. The Balaban J connectivity index is 1.79. The van der Waals surface area contributed by atoms with Crippen molar-refractivity contribution >= 4 is 39.5 Å². The maximum Gasteiger partial charge on any atom is 0.186 e. The van der Waals surface area contributed by atoms with Crippen LogP contribution in [0, 0.1) is 0 Å². The first-order valence-electron chi connectivity index (χ1n) is 7.70. The smallest absolute Gasteiger partial charge is 0.186 e. The van der Waals surface area contributed by atoms with Gasteiger partial charge in [-0.15, -0.1) is 0 Å². The molecule has 7 heteroatoms. The summed E-state index contributed by atoms with van der Waals surface area (Å²) in [5, 5.41) is 7.60. The minimum absolute atomic E-state index is 0.473. The zero-order valence-corrected chi connectivity index (χ0v) is 15.8. The summed E-state index contributed by atoms with van der Waals surface area (Å²) in [6.45, 7) is 4.18. The van der Waals surface area contributed by atoms with Gasteiger partial charge in [0.1, 0.15) is 11.5 Å². The van der Waals surface area contributed by atoms with Crippen molar-refractivity contribution in [3.05, 3.63) is 46.6 Å². The number of hydrazone groups is 1. The molecule has 0 fully saturated rings. The molecule has 0 bridgehead atoms. The normalized spacial score (nSPS) is 10.9. The number of thiocarbonyl (C=S) groups is 1. The number of rotatable bonds is 8. The van der Waals surface area contributed by atoms with Gasteiger partial charge in [0.2, 0.25) is 0 Å². The number of benzene rings is 1. The zero-order chi connectivity index (χ0) is 17.2. The van der Waals surface area contributed by atoms with E-state index >= 15 is 0 Å². The molecule has 1 aromatic heterocycles. The third-order valence-electron chi connectivity index (χ3n) is 3.08. The van der Waals surface area contributed by atoms with Crippen LogP contribution in [0.1, 0.15) is 19.1 Å². The van der Waals surface area contributed by atoms with E-state index in [0.29, 0.717) is 10.9 Å². The van der Waals surface area contributed by atoms with Crippen molar-refractivity contribution in [1.82, 2.24) is 10.7 Å². The van der Waals surface area contributed by atoms with E-state index in [9.17, 15) is 0 Å². The Morgan fingerprint density at radius 3 is 2.96 bits per heavy atom. The maximum absolute atomic E-state index is 5.76. The van der Waals surface area contributed by atoms with Gasteiger partial charge >= 0.3 is 0 Å². The summed E-state index contributed by atoms with van der Waals surface area (Å²) in [5.41, 5.74) is 3.76. The Kier molecular flexibility index (Phi) is 7.94. The lowest BCUT2D eigenvalue weighted by molar-refractivity contribution is 0.145. The average Bonchev–Trinajstić information content (AvgIpc) is 3.04. The van der Waals surface area contributed by atoms with E-state index in [1.54, 1.807) is 6.21 Å². The molecule has 0 aliphatic rings. The molecule has 0 unspecified atom stereocenters. The lowest BCUT2D eigenvalue weighted by Gasteiger charge is -2.06. The topological polar surface area (TPSA) is 58.8 Å². The number of furan rings is 1.